The smallest absolute Gasteiger partial charge is 0.217 e. The van der Waals surface area contributed by atoms with Gasteiger partial charge in [-0.05, 0) is 44.2 Å². The van der Waals surface area contributed by atoms with E-state index in [2.05, 4.69) is 10.3 Å². The van der Waals surface area contributed by atoms with Crippen molar-refractivity contribution in [1.82, 2.24) is 10.3 Å². The molecule has 1 atom stereocenters. The van der Waals surface area contributed by atoms with Crippen LogP contribution < -0.4 is 10.1 Å². The molecule has 2 aliphatic heterocycles. The Morgan fingerprint density at radius 2 is 2.04 bits per heavy atom. The second-order valence-electron chi connectivity index (χ2n) is 6.84. The summed E-state index contributed by atoms with van der Waals surface area (Å²) >= 11 is 0. The molecular weight excluding hydrogens is 292 g/mol. The molecule has 1 aromatic heterocycles. The van der Waals surface area contributed by atoms with Crippen LogP contribution in [0, 0.1) is 0 Å². The summed E-state index contributed by atoms with van der Waals surface area (Å²) in [6.45, 7) is 2.45. The normalized spacial score (nSPS) is 25.5. The minimum Gasteiger partial charge on any atom is -0.474 e. The van der Waals surface area contributed by atoms with Gasteiger partial charge in [0.2, 0.25) is 5.88 Å². The van der Waals surface area contributed by atoms with Gasteiger partial charge in [-0.1, -0.05) is 0 Å². The lowest BCUT2D eigenvalue weighted by Crippen LogP contribution is -2.31. The van der Waals surface area contributed by atoms with Gasteiger partial charge in [-0.2, -0.15) is 0 Å². The first-order valence-corrected chi connectivity index (χ1v) is 8.83. The molecule has 5 heteroatoms. The Hall–Kier alpha value is -1.46. The molecule has 0 bridgehead atoms. The first-order valence-electron chi connectivity index (χ1n) is 8.83. The van der Waals surface area contributed by atoms with Gasteiger partial charge in [0.1, 0.15) is 6.10 Å². The van der Waals surface area contributed by atoms with Gasteiger partial charge in [0, 0.05) is 30.2 Å². The molecule has 3 aliphatic rings. The molecule has 1 N–H and O–H groups in total. The third-order valence-electron chi connectivity index (χ3n) is 5.00. The number of ether oxygens (including phenoxy) is 2. The maximum absolute atomic E-state index is 12.6. The molecule has 1 saturated carbocycles. The molecule has 3 heterocycles. The zero-order chi connectivity index (χ0) is 15.6. The maximum atomic E-state index is 12.6. The summed E-state index contributed by atoms with van der Waals surface area (Å²) in [4.78, 5) is 17.1. The van der Waals surface area contributed by atoms with Crippen molar-refractivity contribution in [2.45, 2.75) is 56.6 Å². The van der Waals surface area contributed by atoms with Crippen molar-refractivity contribution in [2.24, 2.45) is 0 Å². The van der Waals surface area contributed by atoms with Crippen LogP contribution in [0.4, 0.5) is 0 Å². The van der Waals surface area contributed by atoms with Crippen molar-refractivity contribution in [3.63, 3.8) is 0 Å². The number of nitrogens with one attached hydrogen (secondary N) is 1. The summed E-state index contributed by atoms with van der Waals surface area (Å²) in [5, 5.41) is 3.28. The van der Waals surface area contributed by atoms with E-state index in [1.165, 1.54) is 12.8 Å². The SMILES string of the molecule is O=C(c1cnc(OC2CCOCC2)c(C2CC2)c1)[C@H]1CCCN1. The van der Waals surface area contributed by atoms with Gasteiger partial charge in [0.05, 0.1) is 19.3 Å². The van der Waals surface area contributed by atoms with E-state index in [9.17, 15) is 4.79 Å². The zero-order valence-electron chi connectivity index (χ0n) is 13.4. The second kappa shape index (κ2) is 6.57. The van der Waals surface area contributed by atoms with Crippen LogP contribution in [0.1, 0.15) is 60.4 Å². The van der Waals surface area contributed by atoms with Gasteiger partial charge in [0.25, 0.3) is 0 Å². The summed E-state index contributed by atoms with van der Waals surface area (Å²) in [6, 6.07) is 1.99. The predicted molar refractivity (Wildman–Crippen MR) is 86.0 cm³/mol. The number of carbonyl (C=O) groups excluding carboxylic acids is 1. The van der Waals surface area contributed by atoms with Gasteiger partial charge in [0.15, 0.2) is 5.78 Å². The number of aromatic nitrogens is 1. The minimum atomic E-state index is -0.0360. The quantitative estimate of drug-likeness (QED) is 0.846. The summed E-state index contributed by atoms with van der Waals surface area (Å²) in [5.74, 6) is 1.42. The molecule has 23 heavy (non-hydrogen) atoms. The number of Topliss-reactive ketones (excluding diaryl/α,β-unsaturated/α-hetero) is 1. The van der Waals surface area contributed by atoms with Crippen molar-refractivity contribution >= 4 is 5.78 Å². The molecule has 1 aliphatic carbocycles. The molecule has 124 valence electrons. The van der Waals surface area contributed by atoms with Gasteiger partial charge in [-0.3, -0.25) is 4.79 Å². The number of carbonyl (C=O) groups is 1. The van der Waals surface area contributed by atoms with Crippen molar-refractivity contribution in [1.29, 1.82) is 0 Å². The number of hydrogen-bond acceptors (Lipinski definition) is 5. The molecule has 0 radical (unpaired) electrons. The molecular formula is C18H24N2O3. The molecule has 5 nitrogen and oxygen atoms in total. The summed E-state index contributed by atoms with van der Waals surface area (Å²) in [7, 11) is 0. The average molecular weight is 316 g/mol. The van der Waals surface area contributed by atoms with Crippen LogP contribution in [0.3, 0.4) is 0 Å². The molecule has 2 saturated heterocycles. The van der Waals surface area contributed by atoms with E-state index in [0.29, 0.717) is 5.92 Å². The monoisotopic (exact) mass is 316 g/mol. The highest BCUT2D eigenvalue weighted by Gasteiger charge is 2.31. The predicted octanol–water partition coefficient (Wildman–Crippen LogP) is 2.45. The topological polar surface area (TPSA) is 60.5 Å². The second-order valence-corrected chi connectivity index (χ2v) is 6.84. The number of hydrogen-bond donors (Lipinski definition) is 1. The van der Waals surface area contributed by atoms with E-state index >= 15 is 0 Å². The Morgan fingerprint density at radius 3 is 2.74 bits per heavy atom. The van der Waals surface area contributed by atoms with Crippen LogP contribution in [0.2, 0.25) is 0 Å². The molecule has 0 amide bonds. The fourth-order valence-corrected chi connectivity index (χ4v) is 3.45. The number of ketones is 1. The summed E-state index contributed by atoms with van der Waals surface area (Å²) < 4.78 is 11.5. The molecule has 1 aromatic rings. The van der Waals surface area contributed by atoms with Crippen molar-refractivity contribution < 1.29 is 14.3 Å². The number of pyridine rings is 1. The van der Waals surface area contributed by atoms with E-state index in [0.717, 1.165) is 62.4 Å². The van der Waals surface area contributed by atoms with Crippen LogP contribution in [0.5, 0.6) is 5.88 Å². The van der Waals surface area contributed by atoms with Crippen LogP contribution in [0.15, 0.2) is 12.3 Å². The first-order chi connectivity index (χ1) is 11.3. The Bertz CT molecular complexity index is 574. The Morgan fingerprint density at radius 1 is 1.22 bits per heavy atom. The van der Waals surface area contributed by atoms with Gasteiger partial charge in [-0.25, -0.2) is 4.98 Å². The van der Waals surface area contributed by atoms with Crippen molar-refractivity contribution in [3.8, 4) is 5.88 Å². The van der Waals surface area contributed by atoms with E-state index in [1.54, 1.807) is 6.20 Å². The average Bonchev–Trinajstić information content (AvgIpc) is 3.29. The Balaban J connectivity index is 1.53. The lowest BCUT2D eigenvalue weighted by atomic mass is 10.0. The summed E-state index contributed by atoms with van der Waals surface area (Å²) in [6.07, 6.45) is 8.06. The fourth-order valence-electron chi connectivity index (χ4n) is 3.45. The van der Waals surface area contributed by atoms with Gasteiger partial charge < -0.3 is 14.8 Å². The highest BCUT2D eigenvalue weighted by atomic mass is 16.5. The standard InChI is InChI=1S/C18H24N2O3/c21-17(16-2-1-7-19-16)13-10-15(12-3-4-12)18(20-11-13)23-14-5-8-22-9-6-14/h10-12,14,16,19H,1-9H2/t16-/m1/s1. The fraction of sp³-hybridized carbons (Fsp3) is 0.667. The van der Waals surface area contributed by atoms with Gasteiger partial charge >= 0.3 is 0 Å². The van der Waals surface area contributed by atoms with Crippen LogP contribution in [-0.2, 0) is 4.74 Å². The number of nitrogens with zero attached hydrogens (tertiary/aromatic N) is 1. The molecule has 0 unspecified atom stereocenters. The molecule has 4 rings (SSSR count). The summed E-state index contributed by atoms with van der Waals surface area (Å²) in [5.41, 5.74) is 1.85. The lowest BCUT2D eigenvalue weighted by molar-refractivity contribution is 0.0233. The minimum absolute atomic E-state index is 0.0360. The third-order valence-corrected chi connectivity index (χ3v) is 5.00. The maximum Gasteiger partial charge on any atom is 0.217 e. The largest absolute Gasteiger partial charge is 0.474 e. The van der Waals surface area contributed by atoms with Crippen LogP contribution >= 0.6 is 0 Å². The van der Waals surface area contributed by atoms with E-state index < -0.39 is 0 Å². The van der Waals surface area contributed by atoms with E-state index in [-0.39, 0.29) is 17.9 Å². The third kappa shape index (κ3) is 3.40. The Kier molecular flexibility index (Phi) is 4.31. The molecule has 0 aromatic carbocycles. The molecule has 3 fully saturated rings. The van der Waals surface area contributed by atoms with Gasteiger partial charge in [-0.15, -0.1) is 0 Å². The van der Waals surface area contributed by atoms with Crippen LogP contribution in [-0.4, -0.2) is 42.7 Å². The van der Waals surface area contributed by atoms with Crippen molar-refractivity contribution in [3.05, 3.63) is 23.4 Å². The molecule has 0 spiro atoms. The lowest BCUT2D eigenvalue weighted by Gasteiger charge is -2.24. The highest BCUT2D eigenvalue weighted by Crippen LogP contribution is 2.44. The first kappa shape index (κ1) is 15.1. The van der Waals surface area contributed by atoms with E-state index in [4.69, 9.17) is 9.47 Å². The zero-order valence-corrected chi connectivity index (χ0v) is 13.4. The highest BCUT2D eigenvalue weighted by molar-refractivity contribution is 6.00. The Labute approximate surface area is 136 Å². The van der Waals surface area contributed by atoms with E-state index in [1.807, 2.05) is 6.07 Å². The van der Waals surface area contributed by atoms with Crippen molar-refractivity contribution in [2.75, 3.05) is 19.8 Å². The van der Waals surface area contributed by atoms with Crippen LogP contribution in [0.25, 0.3) is 0 Å². The number of rotatable bonds is 5.